The fourth-order valence-corrected chi connectivity index (χ4v) is 3.84. The van der Waals surface area contributed by atoms with E-state index in [0.717, 1.165) is 38.4 Å². The maximum atomic E-state index is 12.2. The van der Waals surface area contributed by atoms with E-state index < -0.39 is 0 Å². The number of carbonyl (C=O) groups excluding carboxylic acids is 1. The predicted octanol–water partition coefficient (Wildman–Crippen LogP) is 1.74. The van der Waals surface area contributed by atoms with E-state index in [2.05, 4.69) is 24.2 Å². The third-order valence-corrected chi connectivity index (χ3v) is 5.26. The molecule has 0 radical (unpaired) electrons. The SMILES string of the molecule is CC1CC(N)CCC1C(=O)NCCN(C)C1CCCC1. The van der Waals surface area contributed by atoms with Gasteiger partial charge in [0.2, 0.25) is 5.91 Å². The van der Waals surface area contributed by atoms with Gasteiger partial charge in [-0.1, -0.05) is 19.8 Å². The molecule has 0 aromatic heterocycles. The number of hydrogen-bond acceptors (Lipinski definition) is 3. The summed E-state index contributed by atoms with van der Waals surface area (Å²) in [5, 5.41) is 3.13. The van der Waals surface area contributed by atoms with Crippen molar-refractivity contribution in [3.8, 4) is 0 Å². The summed E-state index contributed by atoms with van der Waals surface area (Å²) in [7, 11) is 2.18. The first-order chi connectivity index (χ1) is 9.58. The second-order valence-electron chi connectivity index (χ2n) is 6.87. The molecule has 4 heteroatoms. The molecule has 2 saturated carbocycles. The minimum atomic E-state index is 0.173. The maximum absolute atomic E-state index is 12.2. The first-order valence-electron chi connectivity index (χ1n) is 8.31. The Morgan fingerprint density at radius 3 is 2.60 bits per heavy atom. The van der Waals surface area contributed by atoms with Crippen molar-refractivity contribution in [2.75, 3.05) is 20.1 Å². The molecule has 0 bridgehead atoms. The highest BCUT2D eigenvalue weighted by Gasteiger charge is 2.30. The van der Waals surface area contributed by atoms with Crippen LogP contribution in [-0.4, -0.2) is 43.0 Å². The molecule has 3 N–H and O–H groups in total. The molecule has 20 heavy (non-hydrogen) atoms. The second-order valence-corrected chi connectivity index (χ2v) is 6.87. The molecule has 2 rings (SSSR count). The van der Waals surface area contributed by atoms with Gasteiger partial charge in [-0.2, -0.15) is 0 Å². The Balaban J connectivity index is 1.67. The molecule has 2 fully saturated rings. The lowest BCUT2D eigenvalue weighted by molar-refractivity contribution is -0.127. The van der Waals surface area contributed by atoms with Crippen molar-refractivity contribution in [1.82, 2.24) is 10.2 Å². The Kier molecular flexibility index (Phi) is 5.85. The number of amides is 1. The topological polar surface area (TPSA) is 58.4 Å². The van der Waals surface area contributed by atoms with Gasteiger partial charge in [0.05, 0.1) is 0 Å². The van der Waals surface area contributed by atoms with Crippen LogP contribution in [0.2, 0.25) is 0 Å². The third-order valence-electron chi connectivity index (χ3n) is 5.26. The molecular weight excluding hydrogens is 250 g/mol. The molecule has 0 spiro atoms. The van der Waals surface area contributed by atoms with Crippen LogP contribution in [0, 0.1) is 11.8 Å². The van der Waals surface area contributed by atoms with Crippen molar-refractivity contribution < 1.29 is 4.79 Å². The van der Waals surface area contributed by atoms with Gasteiger partial charge in [-0.3, -0.25) is 4.79 Å². The van der Waals surface area contributed by atoms with Crippen molar-refractivity contribution in [3.63, 3.8) is 0 Å². The Labute approximate surface area is 123 Å². The summed E-state index contributed by atoms with van der Waals surface area (Å²) in [6.07, 6.45) is 8.30. The molecule has 0 heterocycles. The van der Waals surface area contributed by atoms with Crippen molar-refractivity contribution in [3.05, 3.63) is 0 Å². The highest BCUT2D eigenvalue weighted by molar-refractivity contribution is 5.79. The molecule has 116 valence electrons. The molecule has 0 saturated heterocycles. The summed E-state index contributed by atoms with van der Waals surface area (Å²) in [6, 6.07) is 1.03. The Bertz CT molecular complexity index is 315. The molecule has 3 atom stereocenters. The summed E-state index contributed by atoms with van der Waals surface area (Å²) < 4.78 is 0. The van der Waals surface area contributed by atoms with E-state index in [1.807, 2.05) is 0 Å². The van der Waals surface area contributed by atoms with Crippen molar-refractivity contribution in [2.24, 2.45) is 17.6 Å². The molecule has 0 aromatic carbocycles. The van der Waals surface area contributed by atoms with Crippen LogP contribution in [0.15, 0.2) is 0 Å². The van der Waals surface area contributed by atoms with Crippen molar-refractivity contribution >= 4 is 5.91 Å². The first-order valence-corrected chi connectivity index (χ1v) is 8.31. The zero-order chi connectivity index (χ0) is 14.5. The van der Waals surface area contributed by atoms with E-state index in [4.69, 9.17) is 5.73 Å². The number of nitrogens with one attached hydrogen (secondary N) is 1. The van der Waals surface area contributed by atoms with Gasteiger partial charge in [-0.15, -0.1) is 0 Å². The molecule has 2 aliphatic carbocycles. The average molecular weight is 281 g/mol. The maximum Gasteiger partial charge on any atom is 0.223 e. The van der Waals surface area contributed by atoms with E-state index in [1.54, 1.807) is 0 Å². The Hall–Kier alpha value is -0.610. The number of likely N-dealkylation sites (N-methyl/N-ethyl adjacent to an activating group) is 1. The minimum absolute atomic E-state index is 0.173. The van der Waals surface area contributed by atoms with Crippen LogP contribution >= 0.6 is 0 Å². The molecule has 0 aliphatic heterocycles. The van der Waals surface area contributed by atoms with Crippen LogP contribution in [0.1, 0.15) is 51.9 Å². The Morgan fingerprint density at radius 1 is 1.25 bits per heavy atom. The van der Waals surface area contributed by atoms with Gasteiger partial charge in [0.25, 0.3) is 0 Å². The highest BCUT2D eigenvalue weighted by atomic mass is 16.1. The van der Waals surface area contributed by atoms with Gasteiger partial charge in [0.15, 0.2) is 0 Å². The van der Waals surface area contributed by atoms with Gasteiger partial charge >= 0.3 is 0 Å². The third kappa shape index (κ3) is 4.19. The monoisotopic (exact) mass is 281 g/mol. The molecule has 1 amide bonds. The highest BCUT2D eigenvalue weighted by Crippen LogP contribution is 2.29. The van der Waals surface area contributed by atoms with E-state index >= 15 is 0 Å². The van der Waals surface area contributed by atoms with E-state index in [1.165, 1.54) is 25.7 Å². The summed E-state index contributed by atoms with van der Waals surface area (Å²) in [4.78, 5) is 14.7. The number of rotatable bonds is 5. The Morgan fingerprint density at radius 2 is 1.95 bits per heavy atom. The fraction of sp³-hybridized carbons (Fsp3) is 0.938. The lowest BCUT2D eigenvalue weighted by Gasteiger charge is -2.31. The van der Waals surface area contributed by atoms with Crippen LogP contribution in [0.25, 0.3) is 0 Å². The van der Waals surface area contributed by atoms with E-state index in [-0.39, 0.29) is 11.8 Å². The normalized spacial score (nSPS) is 31.7. The lowest BCUT2D eigenvalue weighted by atomic mass is 9.78. The summed E-state index contributed by atoms with van der Waals surface area (Å²) >= 11 is 0. The number of nitrogens with zero attached hydrogens (tertiary/aromatic N) is 1. The average Bonchev–Trinajstić information content (AvgIpc) is 2.92. The lowest BCUT2D eigenvalue weighted by Crippen LogP contribution is -2.43. The molecule has 3 unspecified atom stereocenters. The number of nitrogens with two attached hydrogens (primary N) is 1. The van der Waals surface area contributed by atoms with Gasteiger partial charge in [-0.05, 0) is 45.1 Å². The number of carbonyl (C=O) groups is 1. The summed E-state index contributed by atoms with van der Waals surface area (Å²) in [6.45, 7) is 3.91. The first kappa shape index (κ1) is 15.8. The van der Waals surface area contributed by atoms with Gasteiger partial charge in [-0.25, -0.2) is 0 Å². The molecule has 4 nitrogen and oxygen atoms in total. The van der Waals surface area contributed by atoms with E-state index in [0.29, 0.717) is 12.0 Å². The van der Waals surface area contributed by atoms with Crippen LogP contribution < -0.4 is 11.1 Å². The van der Waals surface area contributed by atoms with E-state index in [9.17, 15) is 4.79 Å². The standard InChI is InChI=1S/C16H31N3O/c1-12-11-13(17)7-8-15(12)16(20)18-9-10-19(2)14-5-3-4-6-14/h12-15H,3-11,17H2,1-2H3,(H,18,20). The van der Waals surface area contributed by atoms with Crippen LogP contribution in [0.3, 0.4) is 0 Å². The predicted molar refractivity (Wildman–Crippen MR) is 82.4 cm³/mol. The van der Waals surface area contributed by atoms with Gasteiger partial charge in [0.1, 0.15) is 0 Å². The summed E-state index contributed by atoms with van der Waals surface area (Å²) in [5.41, 5.74) is 5.96. The molecule has 2 aliphatic rings. The van der Waals surface area contributed by atoms with Crippen LogP contribution in [0.4, 0.5) is 0 Å². The molecule has 0 aromatic rings. The quantitative estimate of drug-likeness (QED) is 0.807. The van der Waals surface area contributed by atoms with Crippen LogP contribution in [-0.2, 0) is 4.79 Å². The van der Waals surface area contributed by atoms with Crippen LogP contribution in [0.5, 0.6) is 0 Å². The fourth-order valence-electron chi connectivity index (χ4n) is 3.84. The van der Waals surface area contributed by atoms with Gasteiger partial charge in [0, 0.05) is 31.1 Å². The largest absolute Gasteiger partial charge is 0.355 e. The molecular formula is C16H31N3O. The van der Waals surface area contributed by atoms with Crippen molar-refractivity contribution in [2.45, 2.75) is 64.0 Å². The summed E-state index contributed by atoms with van der Waals surface area (Å²) in [5.74, 6) is 0.835. The van der Waals surface area contributed by atoms with Gasteiger partial charge < -0.3 is 16.0 Å². The smallest absolute Gasteiger partial charge is 0.223 e. The zero-order valence-corrected chi connectivity index (χ0v) is 13.1. The number of hydrogen-bond donors (Lipinski definition) is 2. The minimum Gasteiger partial charge on any atom is -0.355 e. The zero-order valence-electron chi connectivity index (χ0n) is 13.1. The second kappa shape index (κ2) is 7.41. The van der Waals surface area contributed by atoms with Crippen molar-refractivity contribution in [1.29, 1.82) is 0 Å².